The molecule has 2 aliphatic heterocycles. The number of rotatable bonds is 3. The second-order valence-electron chi connectivity index (χ2n) is 9.78. The number of pyridine rings is 1. The molecule has 0 bridgehead atoms. The Hall–Kier alpha value is -2.19. The van der Waals surface area contributed by atoms with Crippen LogP contribution in [-0.2, 0) is 4.79 Å². The Morgan fingerprint density at radius 1 is 1.09 bits per heavy atom. The second-order valence-corrected chi connectivity index (χ2v) is 11.5. The van der Waals surface area contributed by atoms with E-state index in [2.05, 4.69) is 18.7 Å². The van der Waals surface area contributed by atoms with Gasteiger partial charge in [-0.3, -0.25) is 18.9 Å². The molecule has 0 radical (unpaired) electrons. The van der Waals surface area contributed by atoms with Crippen LogP contribution in [0, 0.1) is 11.8 Å². The van der Waals surface area contributed by atoms with Crippen molar-refractivity contribution in [2.75, 3.05) is 18.0 Å². The standard InChI is InChI=1S/C25H30N4O2S2/c1-16-12-17(2)15-27(14-16)22-19(23(30)28-11-7-6-10-21(28)26-22)13-20-24(31)29(25(32)33-20)18-8-4-3-5-9-18/h6-7,10-11,13,16-18H,3-5,8-9,12,14-15H2,1-2H3/b20-13-/t16-,17-/m1/s1. The molecular weight excluding hydrogens is 452 g/mol. The van der Waals surface area contributed by atoms with E-state index in [0.717, 1.165) is 38.8 Å². The highest BCUT2D eigenvalue weighted by Crippen LogP contribution is 2.38. The zero-order valence-electron chi connectivity index (χ0n) is 19.2. The third kappa shape index (κ3) is 4.35. The van der Waals surface area contributed by atoms with E-state index < -0.39 is 0 Å². The first-order valence-electron chi connectivity index (χ1n) is 12.0. The van der Waals surface area contributed by atoms with Gasteiger partial charge in [0.25, 0.3) is 11.5 Å². The third-order valence-electron chi connectivity index (χ3n) is 6.96. The Bertz CT molecular complexity index is 1170. The molecule has 6 nitrogen and oxygen atoms in total. The number of thiocarbonyl (C=S) groups is 1. The van der Waals surface area contributed by atoms with Gasteiger partial charge in [0.2, 0.25) is 0 Å². The number of carbonyl (C=O) groups is 1. The molecule has 3 aliphatic rings. The molecule has 0 spiro atoms. The maximum atomic E-state index is 13.6. The summed E-state index contributed by atoms with van der Waals surface area (Å²) in [4.78, 5) is 36.4. The summed E-state index contributed by atoms with van der Waals surface area (Å²) in [5, 5.41) is 0. The average Bonchev–Trinajstić information content (AvgIpc) is 3.08. The third-order valence-corrected chi connectivity index (χ3v) is 8.29. The van der Waals surface area contributed by atoms with Crippen LogP contribution in [0.5, 0.6) is 0 Å². The molecular formula is C25H30N4O2S2. The lowest BCUT2D eigenvalue weighted by Crippen LogP contribution is -2.41. The lowest BCUT2D eigenvalue weighted by Gasteiger charge is -2.36. The molecule has 0 N–H and O–H groups in total. The van der Waals surface area contributed by atoms with Crippen LogP contribution in [0.15, 0.2) is 34.1 Å². The van der Waals surface area contributed by atoms with Gasteiger partial charge in [-0.1, -0.05) is 63.2 Å². The minimum atomic E-state index is -0.149. The quantitative estimate of drug-likeness (QED) is 0.466. The van der Waals surface area contributed by atoms with Crippen molar-refractivity contribution in [1.82, 2.24) is 14.3 Å². The highest BCUT2D eigenvalue weighted by Gasteiger charge is 2.38. The Labute approximate surface area is 204 Å². The van der Waals surface area contributed by atoms with E-state index in [0.29, 0.717) is 38.1 Å². The summed E-state index contributed by atoms with van der Waals surface area (Å²) in [7, 11) is 0. The van der Waals surface area contributed by atoms with E-state index in [1.165, 1.54) is 24.6 Å². The monoisotopic (exact) mass is 482 g/mol. The number of hydrogen-bond acceptors (Lipinski definition) is 6. The fourth-order valence-corrected chi connectivity index (χ4v) is 6.94. The van der Waals surface area contributed by atoms with Crippen LogP contribution in [-0.4, -0.2) is 43.6 Å². The summed E-state index contributed by atoms with van der Waals surface area (Å²) >= 11 is 6.92. The normalized spacial score (nSPS) is 26.1. The fourth-order valence-electron chi connectivity index (χ4n) is 5.56. The summed E-state index contributed by atoms with van der Waals surface area (Å²) in [6.45, 7) is 6.18. The van der Waals surface area contributed by atoms with E-state index in [4.69, 9.17) is 17.2 Å². The zero-order chi connectivity index (χ0) is 23.1. The average molecular weight is 483 g/mol. The SMILES string of the molecule is C[C@@H]1C[C@@H](C)CN(c2nc3ccccn3c(=O)c2/C=C2\SC(=S)N(C3CCCCC3)C2=O)C1. The molecule has 0 aromatic carbocycles. The molecule has 1 aliphatic carbocycles. The van der Waals surface area contributed by atoms with Gasteiger partial charge in [0.15, 0.2) is 0 Å². The number of thioether (sulfide) groups is 1. The molecule has 2 atom stereocenters. The first-order chi connectivity index (χ1) is 15.9. The van der Waals surface area contributed by atoms with Crippen molar-refractivity contribution in [2.24, 2.45) is 11.8 Å². The number of fused-ring (bicyclic) bond motifs is 1. The molecule has 3 fully saturated rings. The second kappa shape index (κ2) is 9.22. The Kier molecular flexibility index (Phi) is 6.31. The molecule has 0 unspecified atom stereocenters. The van der Waals surface area contributed by atoms with E-state index in [-0.39, 0.29) is 17.5 Å². The summed E-state index contributed by atoms with van der Waals surface area (Å²) < 4.78 is 2.17. The molecule has 4 heterocycles. The number of carbonyl (C=O) groups excluding carboxylic acids is 1. The van der Waals surface area contributed by atoms with Crippen molar-refractivity contribution in [1.29, 1.82) is 0 Å². The van der Waals surface area contributed by atoms with Gasteiger partial charge in [0, 0.05) is 25.3 Å². The number of amides is 1. The first kappa shape index (κ1) is 22.6. The van der Waals surface area contributed by atoms with E-state index in [9.17, 15) is 9.59 Å². The van der Waals surface area contributed by atoms with E-state index in [1.54, 1.807) is 21.6 Å². The Morgan fingerprint density at radius 3 is 2.55 bits per heavy atom. The van der Waals surface area contributed by atoms with E-state index in [1.807, 2.05) is 18.2 Å². The number of anilines is 1. The Balaban J connectivity index is 1.59. The van der Waals surface area contributed by atoms with Crippen LogP contribution < -0.4 is 10.5 Å². The van der Waals surface area contributed by atoms with Crippen LogP contribution in [0.25, 0.3) is 11.7 Å². The molecule has 2 aromatic rings. The molecule has 33 heavy (non-hydrogen) atoms. The smallest absolute Gasteiger partial charge is 0.267 e. The minimum Gasteiger partial charge on any atom is -0.355 e. The summed E-state index contributed by atoms with van der Waals surface area (Å²) in [6, 6.07) is 5.75. The van der Waals surface area contributed by atoms with Crippen LogP contribution in [0.4, 0.5) is 5.82 Å². The van der Waals surface area contributed by atoms with Gasteiger partial charge in [-0.25, -0.2) is 4.98 Å². The van der Waals surface area contributed by atoms with Gasteiger partial charge in [-0.15, -0.1) is 0 Å². The minimum absolute atomic E-state index is 0.0687. The van der Waals surface area contributed by atoms with Crippen molar-refractivity contribution >= 4 is 51.7 Å². The van der Waals surface area contributed by atoms with Crippen LogP contribution in [0.2, 0.25) is 0 Å². The maximum Gasteiger partial charge on any atom is 0.267 e. The van der Waals surface area contributed by atoms with Crippen LogP contribution >= 0.6 is 24.0 Å². The van der Waals surface area contributed by atoms with Gasteiger partial charge in [-0.05, 0) is 49.3 Å². The molecule has 5 rings (SSSR count). The van der Waals surface area contributed by atoms with Crippen molar-refractivity contribution in [3.05, 3.63) is 45.2 Å². The number of aromatic nitrogens is 2. The van der Waals surface area contributed by atoms with Gasteiger partial charge in [0.1, 0.15) is 15.8 Å². The Morgan fingerprint density at radius 2 is 1.82 bits per heavy atom. The van der Waals surface area contributed by atoms with Gasteiger partial charge < -0.3 is 4.90 Å². The number of piperidine rings is 1. The lowest BCUT2D eigenvalue weighted by atomic mass is 9.91. The molecule has 174 valence electrons. The van der Waals surface area contributed by atoms with Gasteiger partial charge >= 0.3 is 0 Å². The van der Waals surface area contributed by atoms with Crippen molar-refractivity contribution < 1.29 is 4.79 Å². The maximum absolute atomic E-state index is 13.6. The summed E-state index contributed by atoms with van der Waals surface area (Å²) in [5.74, 6) is 1.64. The number of hydrogen-bond donors (Lipinski definition) is 0. The first-order valence-corrected chi connectivity index (χ1v) is 13.2. The highest BCUT2D eigenvalue weighted by molar-refractivity contribution is 8.26. The largest absolute Gasteiger partial charge is 0.355 e. The van der Waals surface area contributed by atoms with Crippen molar-refractivity contribution in [3.63, 3.8) is 0 Å². The topological polar surface area (TPSA) is 57.9 Å². The van der Waals surface area contributed by atoms with Crippen molar-refractivity contribution in [3.8, 4) is 0 Å². The molecule has 2 aromatic heterocycles. The van der Waals surface area contributed by atoms with Crippen molar-refractivity contribution in [2.45, 2.75) is 58.4 Å². The molecule has 1 saturated carbocycles. The highest BCUT2D eigenvalue weighted by atomic mass is 32.2. The molecule has 8 heteroatoms. The van der Waals surface area contributed by atoms with E-state index >= 15 is 0 Å². The zero-order valence-corrected chi connectivity index (χ0v) is 20.8. The predicted molar refractivity (Wildman–Crippen MR) is 139 cm³/mol. The van der Waals surface area contributed by atoms with Gasteiger partial charge in [-0.2, -0.15) is 0 Å². The molecule has 2 saturated heterocycles. The predicted octanol–water partition coefficient (Wildman–Crippen LogP) is 4.71. The summed E-state index contributed by atoms with van der Waals surface area (Å²) in [6.07, 6.45) is 10.1. The van der Waals surface area contributed by atoms with Crippen LogP contribution in [0.1, 0.15) is 57.9 Å². The fraction of sp³-hybridized carbons (Fsp3) is 0.520. The lowest BCUT2D eigenvalue weighted by molar-refractivity contribution is -0.124. The van der Waals surface area contributed by atoms with Crippen LogP contribution in [0.3, 0.4) is 0 Å². The van der Waals surface area contributed by atoms with Gasteiger partial charge in [0.05, 0.1) is 10.5 Å². The molecule has 1 amide bonds. The summed E-state index contributed by atoms with van der Waals surface area (Å²) in [5.41, 5.74) is 0.948. The number of nitrogens with zero attached hydrogens (tertiary/aromatic N) is 4.